The van der Waals surface area contributed by atoms with Gasteiger partial charge >= 0.3 is 0 Å². The van der Waals surface area contributed by atoms with Gasteiger partial charge in [0.05, 0.1) is 17.6 Å². The molecule has 6 heteroatoms. The summed E-state index contributed by atoms with van der Waals surface area (Å²) >= 11 is 0. The molecule has 2 aliphatic rings. The van der Waals surface area contributed by atoms with Gasteiger partial charge in [-0.15, -0.1) is 0 Å². The third-order valence-corrected chi connectivity index (χ3v) is 7.77. The fourth-order valence-electron chi connectivity index (χ4n) is 5.71. The van der Waals surface area contributed by atoms with E-state index in [1.54, 1.807) is 4.90 Å². The second-order valence-corrected chi connectivity index (χ2v) is 10.3. The fourth-order valence-corrected chi connectivity index (χ4v) is 5.71. The highest BCUT2D eigenvalue weighted by Crippen LogP contribution is 2.31. The van der Waals surface area contributed by atoms with Crippen LogP contribution in [0.2, 0.25) is 0 Å². The lowest BCUT2D eigenvalue weighted by atomic mass is 9.92. The molecule has 0 spiro atoms. The Morgan fingerprint density at radius 1 is 1.00 bits per heavy atom. The van der Waals surface area contributed by atoms with E-state index < -0.39 is 5.54 Å². The smallest absolute Gasteiger partial charge is 0.290 e. The number of carbonyl (C=O) groups is 2. The summed E-state index contributed by atoms with van der Waals surface area (Å²) < 4.78 is 1.95. The van der Waals surface area contributed by atoms with Crippen LogP contribution in [0.15, 0.2) is 54.6 Å². The Balaban J connectivity index is 1.42. The number of para-hydroxylation sites is 2. The predicted molar refractivity (Wildman–Crippen MR) is 138 cm³/mol. The van der Waals surface area contributed by atoms with E-state index in [-0.39, 0.29) is 17.9 Å². The van der Waals surface area contributed by atoms with E-state index in [0.717, 1.165) is 49.6 Å². The number of imidazole rings is 1. The number of fused-ring (bicyclic) bond motifs is 3. The maximum Gasteiger partial charge on any atom is 0.290 e. The number of hydrogen-bond acceptors (Lipinski definition) is 3. The number of nitrogens with zero attached hydrogens (tertiary/aromatic N) is 3. The quantitative estimate of drug-likeness (QED) is 0.542. The minimum absolute atomic E-state index is 0.0421. The lowest BCUT2D eigenvalue weighted by Gasteiger charge is -2.44. The Bertz CT molecular complexity index is 1180. The van der Waals surface area contributed by atoms with Crippen molar-refractivity contribution in [3.05, 3.63) is 66.0 Å². The summed E-state index contributed by atoms with van der Waals surface area (Å²) in [5.74, 6) is 0.234. The zero-order valence-electron chi connectivity index (χ0n) is 20.7. The fraction of sp³-hybridized carbons (Fsp3) is 0.483. The van der Waals surface area contributed by atoms with Gasteiger partial charge in [0.1, 0.15) is 5.54 Å². The molecule has 35 heavy (non-hydrogen) atoms. The van der Waals surface area contributed by atoms with Crippen molar-refractivity contribution in [1.82, 2.24) is 19.8 Å². The number of amides is 2. The van der Waals surface area contributed by atoms with Crippen LogP contribution in [0.3, 0.4) is 0 Å². The van der Waals surface area contributed by atoms with Crippen LogP contribution in [0.4, 0.5) is 0 Å². The summed E-state index contributed by atoms with van der Waals surface area (Å²) in [7, 11) is 0. The van der Waals surface area contributed by atoms with Crippen molar-refractivity contribution >= 4 is 22.8 Å². The first-order valence-corrected chi connectivity index (χ1v) is 13.2. The highest BCUT2D eigenvalue weighted by atomic mass is 16.2. The van der Waals surface area contributed by atoms with Crippen molar-refractivity contribution in [3.8, 4) is 0 Å². The van der Waals surface area contributed by atoms with Crippen LogP contribution in [-0.2, 0) is 17.8 Å². The van der Waals surface area contributed by atoms with E-state index in [0.29, 0.717) is 18.9 Å². The molecule has 1 aliphatic carbocycles. The van der Waals surface area contributed by atoms with Gasteiger partial charge in [-0.2, -0.15) is 0 Å². The van der Waals surface area contributed by atoms with Gasteiger partial charge in [0.25, 0.3) is 5.91 Å². The summed E-state index contributed by atoms with van der Waals surface area (Å²) in [6.07, 6.45) is 9.75. The van der Waals surface area contributed by atoms with Gasteiger partial charge < -0.3 is 14.8 Å². The predicted octanol–water partition coefficient (Wildman–Crippen LogP) is 5.11. The molecule has 2 heterocycles. The van der Waals surface area contributed by atoms with Crippen LogP contribution in [-0.4, -0.2) is 44.4 Å². The van der Waals surface area contributed by atoms with Crippen molar-refractivity contribution < 1.29 is 9.59 Å². The maximum absolute atomic E-state index is 13.9. The molecule has 1 N–H and O–H groups in total. The van der Waals surface area contributed by atoms with Crippen molar-refractivity contribution in [2.75, 3.05) is 6.54 Å². The molecule has 1 aliphatic heterocycles. The molecule has 1 saturated carbocycles. The molecule has 2 aromatic carbocycles. The van der Waals surface area contributed by atoms with E-state index in [1.807, 2.05) is 54.0 Å². The summed E-state index contributed by atoms with van der Waals surface area (Å²) in [5, 5.41) is 3.36. The molecule has 5 rings (SSSR count). The Morgan fingerprint density at radius 2 is 1.69 bits per heavy atom. The van der Waals surface area contributed by atoms with Gasteiger partial charge in [0.15, 0.2) is 5.82 Å². The van der Waals surface area contributed by atoms with Crippen LogP contribution in [0, 0.1) is 0 Å². The standard InChI is InChI=1S/C29H36N4O2/c1-29(28(35)30-23-16-8-3-2-4-9-17-23)21-32-25-19-11-10-18-24(25)31-26(32)27(34)33(29)20-12-15-22-13-6-5-7-14-22/h5-7,10-11,13-14,18-19,23H,2-4,8-9,12,15-17,20-21H2,1H3,(H,30,35). The van der Waals surface area contributed by atoms with Gasteiger partial charge in [-0.25, -0.2) is 4.98 Å². The molecule has 3 aromatic rings. The average Bonchev–Trinajstić information content (AvgIpc) is 3.22. The third kappa shape index (κ3) is 4.84. The maximum atomic E-state index is 13.9. The molecular formula is C29H36N4O2. The highest BCUT2D eigenvalue weighted by molar-refractivity contribution is 6.01. The molecule has 1 aromatic heterocycles. The minimum Gasteiger partial charge on any atom is -0.351 e. The monoisotopic (exact) mass is 472 g/mol. The molecule has 1 atom stereocenters. The summed E-state index contributed by atoms with van der Waals surface area (Å²) in [6.45, 7) is 2.87. The van der Waals surface area contributed by atoms with E-state index in [2.05, 4.69) is 22.4 Å². The summed E-state index contributed by atoms with van der Waals surface area (Å²) in [4.78, 5) is 34.1. The van der Waals surface area contributed by atoms with Crippen molar-refractivity contribution in [1.29, 1.82) is 0 Å². The lowest BCUT2D eigenvalue weighted by Crippen LogP contribution is -2.65. The zero-order valence-corrected chi connectivity index (χ0v) is 20.7. The van der Waals surface area contributed by atoms with Gasteiger partial charge in [0, 0.05) is 12.6 Å². The van der Waals surface area contributed by atoms with Crippen LogP contribution in [0.1, 0.15) is 74.5 Å². The first-order chi connectivity index (χ1) is 17.1. The van der Waals surface area contributed by atoms with Crippen molar-refractivity contribution in [2.24, 2.45) is 0 Å². The van der Waals surface area contributed by atoms with Crippen LogP contribution in [0.25, 0.3) is 11.0 Å². The largest absolute Gasteiger partial charge is 0.351 e. The second-order valence-electron chi connectivity index (χ2n) is 10.3. The summed E-state index contributed by atoms with van der Waals surface area (Å²) in [6, 6.07) is 18.3. The normalized spacial score (nSPS) is 21.4. The van der Waals surface area contributed by atoms with Gasteiger partial charge in [-0.3, -0.25) is 9.59 Å². The molecule has 184 valence electrons. The number of aryl methyl sites for hydroxylation is 1. The molecule has 1 fully saturated rings. The number of rotatable bonds is 6. The molecule has 6 nitrogen and oxygen atoms in total. The Labute approximate surface area is 207 Å². The lowest BCUT2D eigenvalue weighted by molar-refractivity contribution is -0.133. The SMILES string of the molecule is CC1(C(=O)NC2CCCCCCC2)Cn2c(nc3ccccc32)C(=O)N1CCCc1ccccc1. The van der Waals surface area contributed by atoms with Crippen LogP contribution >= 0.6 is 0 Å². The first kappa shape index (κ1) is 23.6. The number of nitrogens with one attached hydrogen (secondary N) is 1. The van der Waals surface area contributed by atoms with Crippen LogP contribution < -0.4 is 5.32 Å². The molecule has 0 saturated heterocycles. The average molecular weight is 473 g/mol. The third-order valence-electron chi connectivity index (χ3n) is 7.77. The van der Waals surface area contributed by atoms with Gasteiger partial charge in [-0.05, 0) is 50.3 Å². The first-order valence-electron chi connectivity index (χ1n) is 13.2. The molecule has 0 radical (unpaired) electrons. The van der Waals surface area contributed by atoms with Gasteiger partial charge in [0.2, 0.25) is 5.91 Å². The van der Waals surface area contributed by atoms with Crippen LogP contribution in [0.5, 0.6) is 0 Å². The highest BCUT2D eigenvalue weighted by Gasteiger charge is 2.48. The minimum atomic E-state index is -0.966. The Morgan fingerprint density at radius 3 is 2.46 bits per heavy atom. The molecule has 0 bridgehead atoms. The number of carbonyl (C=O) groups excluding carboxylic acids is 2. The number of benzene rings is 2. The molecule has 1 unspecified atom stereocenters. The number of aromatic nitrogens is 2. The molecule has 2 amide bonds. The molecular weight excluding hydrogens is 436 g/mol. The van der Waals surface area contributed by atoms with Gasteiger partial charge in [-0.1, -0.05) is 74.6 Å². The zero-order chi connectivity index (χ0) is 24.3. The Kier molecular flexibility index (Phi) is 6.89. The van der Waals surface area contributed by atoms with E-state index in [9.17, 15) is 9.59 Å². The Hall–Kier alpha value is -3.15. The second kappa shape index (κ2) is 10.2. The summed E-state index contributed by atoms with van der Waals surface area (Å²) in [5.41, 5.74) is 1.98. The number of hydrogen-bond donors (Lipinski definition) is 1. The van der Waals surface area contributed by atoms with E-state index in [4.69, 9.17) is 0 Å². The van der Waals surface area contributed by atoms with E-state index in [1.165, 1.54) is 24.8 Å². The van der Waals surface area contributed by atoms with Crippen molar-refractivity contribution in [3.63, 3.8) is 0 Å². The van der Waals surface area contributed by atoms with Crippen molar-refractivity contribution in [2.45, 2.75) is 82.8 Å². The van der Waals surface area contributed by atoms with E-state index >= 15 is 0 Å². The topological polar surface area (TPSA) is 67.2 Å².